The second-order valence-electron chi connectivity index (χ2n) is 8.62. The van der Waals surface area contributed by atoms with Crippen LogP contribution in [0.4, 0.5) is 4.79 Å². The highest BCUT2D eigenvalue weighted by molar-refractivity contribution is 5.84. The summed E-state index contributed by atoms with van der Waals surface area (Å²) in [6.45, 7) is 3.43. The number of alkyl carbamates (subject to hydrolysis) is 1. The summed E-state index contributed by atoms with van der Waals surface area (Å²) in [5.41, 5.74) is 4.58. The quantitative estimate of drug-likeness (QED) is 0.657. The molecular formula is C25H28N2O5. The van der Waals surface area contributed by atoms with E-state index in [1.165, 1.54) is 11.8 Å². The van der Waals surface area contributed by atoms with Gasteiger partial charge in [-0.3, -0.25) is 4.79 Å². The fraction of sp³-hybridized carbons (Fsp3) is 0.400. The van der Waals surface area contributed by atoms with Gasteiger partial charge in [-0.25, -0.2) is 9.59 Å². The second-order valence-corrected chi connectivity index (χ2v) is 8.62. The molecule has 2 atom stereocenters. The maximum atomic E-state index is 12.7. The van der Waals surface area contributed by atoms with Gasteiger partial charge in [0.1, 0.15) is 12.6 Å². The highest BCUT2D eigenvalue weighted by atomic mass is 16.5. The first-order chi connectivity index (χ1) is 15.4. The molecule has 0 spiro atoms. The van der Waals surface area contributed by atoms with Crippen LogP contribution < -0.4 is 5.32 Å². The summed E-state index contributed by atoms with van der Waals surface area (Å²) in [5.74, 6) is -1.33. The van der Waals surface area contributed by atoms with E-state index in [0.29, 0.717) is 0 Å². The van der Waals surface area contributed by atoms with Gasteiger partial charge in [-0.05, 0) is 48.9 Å². The smallest absolute Gasteiger partial charge is 0.407 e. The first kappa shape index (κ1) is 21.9. The van der Waals surface area contributed by atoms with E-state index in [1.54, 1.807) is 6.92 Å². The SMILES string of the molecule is CC(C(=O)O)N(C(=O)C[C@H](C)NC(=O)OCC1c2ccccc2-c2ccccc21)C1CC1. The fourth-order valence-electron chi connectivity index (χ4n) is 4.47. The Morgan fingerprint density at radius 3 is 2.12 bits per heavy atom. The summed E-state index contributed by atoms with van der Waals surface area (Å²) >= 11 is 0. The zero-order valence-electron chi connectivity index (χ0n) is 18.3. The van der Waals surface area contributed by atoms with Crippen molar-refractivity contribution in [1.29, 1.82) is 0 Å². The van der Waals surface area contributed by atoms with Gasteiger partial charge in [-0.15, -0.1) is 0 Å². The van der Waals surface area contributed by atoms with Crippen molar-refractivity contribution >= 4 is 18.0 Å². The highest BCUT2D eigenvalue weighted by Gasteiger charge is 2.38. The Hall–Kier alpha value is -3.35. The lowest BCUT2D eigenvalue weighted by Crippen LogP contribution is -2.47. The zero-order valence-corrected chi connectivity index (χ0v) is 18.3. The van der Waals surface area contributed by atoms with Crippen molar-refractivity contribution in [2.24, 2.45) is 0 Å². The Morgan fingerprint density at radius 2 is 1.59 bits per heavy atom. The number of hydrogen-bond donors (Lipinski definition) is 2. The van der Waals surface area contributed by atoms with Gasteiger partial charge in [0.05, 0.1) is 0 Å². The molecule has 4 rings (SSSR count). The molecule has 2 aromatic carbocycles. The van der Waals surface area contributed by atoms with Gasteiger partial charge in [0, 0.05) is 24.4 Å². The van der Waals surface area contributed by atoms with E-state index in [2.05, 4.69) is 29.6 Å². The number of carbonyl (C=O) groups is 3. The van der Waals surface area contributed by atoms with Crippen LogP contribution in [-0.4, -0.2) is 52.7 Å². The number of hydrogen-bond acceptors (Lipinski definition) is 4. The topological polar surface area (TPSA) is 95.9 Å². The van der Waals surface area contributed by atoms with Gasteiger partial charge >= 0.3 is 12.1 Å². The summed E-state index contributed by atoms with van der Waals surface area (Å²) in [6, 6.07) is 14.9. The predicted octanol–water partition coefficient (Wildman–Crippen LogP) is 3.77. The van der Waals surface area contributed by atoms with E-state index in [-0.39, 0.29) is 30.9 Å². The number of fused-ring (bicyclic) bond motifs is 3. The Balaban J connectivity index is 1.33. The monoisotopic (exact) mass is 436 g/mol. The second kappa shape index (κ2) is 9.02. The average Bonchev–Trinajstić information content (AvgIpc) is 3.54. The fourth-order valence-corrected chi connectivity index (χ4v) is 4.47. The Morgan fingerprint density at radius 1 is 1.03 bits per heavy atom. The minimum atomic E-state index is -1.03. The standard InChI is InChI=1S/C25H28N2O5/c1-15(13-23(28)27(17-11-12-17)16(2)24(29)30)26-25(31)32-14-22-20-9-5-3-7-18(20)19-8-4-6-10-21(19)22/h3-10,15-17,22H,11-14H2,1-2H3,(H,26,31)(H,29,30)/t15-,16?/m0/s1. The molecule has 0 saturated heterocycles. The van der Waals surface area contributed by atoms with Crippen LogP contribution >= 0.6 is 0 Å². The van der Waals surface area contributed by atoms with Gasteiger partial charge in [-0.1, -0.05) is 48.5 Å². The number of amides is 2. The number of nitrogens with zero attached hydrogens (tertiary/aromatic N) is 1. The molecule has 0 radical (unpaired) electrons. The summed E-state index contributed by atoms with van der Waals surface area (Å²) in [6.07, 6.45) is 1.07. The Labute approximate surface area is 187 Å². The molecule has 0 aromatic heterocycles. The van der Waals surface area contributed by atoms with E-state index in [1.807, 2.05) is 24.3 Å². The minimum Gasteiger partial charge on any atom is -0.480 e. The molecular weight excluding hydrogens is 408 g/mol. The van der Waals surface area contributed by atoms with Crippen molar-refractivity contribution in [2.75, 3.05) is 6.61 Å². The van der Waals surface area contributed by atoms with Crippen LogP contribution in [-0.2, 0) is 14.3 Å². The Bertz CT molecular complexity index is 987. The van der Waals surface area contributed by atoms with Crippen molar-refractivity contribution < 1.29 is 24.2 Å². The van der Waals surface area contributed by atoms with Crippen molar-refractivity contribution in [2.45, 2.75) is 57.2 Å². The van der Waals surface area contributed by atoms with Crippen molar-refractivity contribution in [3.05, 3.63) is 59.7 Å². The number of aliphatic carboxylic acids is 1. The third-order valence-corrected chi connectivity index (χ3v) is 6.19. The molecule has 2 amide bonds. The van der Waals surface area contributed by atoms with Crippen LogP contribution in [0.1, 0.15) is 50.2 Å². The molecule has 1 fully saturated rings. The Kier molecular flexibility index (Phi) is 6.17. The molecule has 0 heterocycles. The summed E-state index contributed by atoms with van der Waals surface area (Å²) in [5, 5.41) is 12.0. The minimum absolute atomic E-state index is 0.0183. The van der Waals surface area contributed by atoms with Crippen LogP contribution in [0.25, 0.3) is 11.1 Å². The normalized spacial score (nSPS) is 16.4. The highest BCUT2D eigenvalue weighted by Crippen LogP contribution is 2.44. The lowest BCUT2D eigenvalue weighted by atomic mass is 9.98. The first-order valence-corrected chi connectivity index (χ1v) is 11.0. The van der Waals surface area contributed by atoms with Crippen LogP contribution in [0.3, 0.4) is 0 Å². The molecule has 2 aliphatic carbocycles. The zero-order chi connectivity index (χ0) is 22.8. The van der Waals surface area contributed by atoms with Gasteiger partial charge < -0.3 is 20.1 Å². The molecule has 0 bridgehead atoms. The molecule has 2 N–H and O–H groups in total. The van der Waals surface area contributed by atoms with Gasteiger partial charge in [0.2, 0.25) is 5.91 Å². The van der Waals surface area contributed by atoms with Gasteiger partial charge in [0.15, 0.2) is 0 Å². The van der Waals surface area contributed by atoms with E-state index in [0.717, 1.165) is 35.1 Å². The first-order valence-electron chi connectivity index (χ1n) is 11.0. The van der Waals surface area contributed by atoms with Crippen LogP contribution in [0.2, 0.25) is 0 Å². The summed E-state index contributed by atoms with van der Waals surface area (Å²) in [7, 11) is 0. The van der Waals surface area contributed by atoms with E-state index >= 15 is 0 Å². The lowest BCUT2D eigenvalue weighted by molar-refractivity contribution is -0.150. The molecule has 0 aliphatic heterocycles. The lowest BCUT2D eigenvalue weighted by Gasteiger charge is -2.28. The van der Waals surface area contributed by atoms with Crippen LogP contribution in [0.15, 0.2) is 48.5 Å². The molecule has 7 heteroatoms. The number of carboxylic acid groups (broad SMARTS) is 1. The molecule has 2 aromatic rings. The number of benzene rings is 2. The number of nitrogens with one attached hydrogen (secondary N) is 1. The van der Waals surface area contributed by atoms with E-state index in [4.69, 9.17) is 4.74 Å². The summed E-state index contributed by atoms with van der Waals surface area (Å²) in [4.78, 5) is 37.9. The maximum absolute atomic E-state index is 12.7. The van der Waals surface area contributed by atoms with E-state index in [9.17, 15) is 19.5 Å². The maximum Gasteiger partial charge on any atom is 0.407 e. The predicted molar refractivity (Wildman–Crippen MR) is 119 cm³/mol. The molecule has 1 unspecified atom stereocenters. The molecule has 7 nitrogen and oxygen atoms in total. The average molecular weight is 437 g/mol. The molecule has 2 aliphatic rings. The van der Waals surface area contributed by atoms with E-state index < -0.39 is 24.1 Å². The van der Waals surface area contributed by atoms with Crippen LogP contribution in [0.5, 0.6) is 0 Å². The van der Waals surface area contributed by atoms with Crippen molar-refractivity contribution in [3.63, 3.8) is 0 Å². The van der Waals surface area contributed by atoms with Crippen molar-refractivity contribution in [3.8, 4) is 11.1 Å². The van der Waals surface area contributed by atoms with Crippen molar-refractivity contribution in [1.82, 2.24) is 10.2 Å². The number of rotatable bonds is 8. The summed E-state index contributed by atoms with van der Waals surface area (Å²) < 4.78 is 5.53. The van der Waals surface area contributed by atoms with Gasteiger partial charge in [0.25, 0.3) is 0 Å². The molecule has 32 heavy (non-hydrogen) atoms. The molecule has 168 valence electrons. The van der Waals surface area contributed by atoms with Gasteiger partial charge in [-0.2, -0.15) is 0 Å². The third-order valence-electron chi connectivity index (χ3n) is 6.19. The molecule has 1 saturated carbocycles. The number of carbonyl (C=O) groups excluding carboxylic acids is 2. The largest absolute Gasteiger partial charge is 0.480 e. The van der Waals surface area contributed by atoms with Crippen LogP contribution in [0, 0.1) is 0 Å². The number of ether oxygens (including phenoxy) is 1. The number of carboxylic acids is 1. The third kappa shape index (κ3) is 4.47.